The Bertz CT molecular complexity index is 1150. The highest BCUT2D eigenvalue weighted by molar-refractivity contribution is 7.71. The van der Waals surface area contributed by atoms with Crippen molar-refractivity contribution >= 4 is 50.2 Å². The SMILES string of the molecule is Cc1sc2c(c1C)c(=S)[nH]c1cc3ccccc3c(=O)n12. The molecule has 0 aliphatic carbocycles. The van der Waals surface area contributed by atoms with Crippen molar-refractivity contribution in [2.75, 3.05) is 0 Å². The van der Waals surface area contributed by atoms with E-state index in [1.165, 1.54) is 4.88 Å². The smallest absolute Gasteiger partial charge is 0.265 e. The van der Waals surface area contributed by atoms with Crippen LogP contribution < -0.4 is 5.56 Å². The van der Waals surface area contributed by atoms with E-state index in [1.54, 1.807) is 15.7 Å². The summed E-state index contributed by atoms with van der Waals surface area (Å²) in [7, 11) is 0. The number of pyridine rings is 1. The van der Waals surface area contributed by atoms with Crippen LogP contribution in [-0.2, 0) is 0 Å². The van der Waals surface area contributed by atoms with Crippen molar-refractivity contribution in [1.29, 1.82) is 0 Å². The zero-order valence-electron chi connectivity index (χ0n) is 11.6. The highest BCUT2D eigenvalue weighted by Gasteiger charge is 2.13. The van der Waals surface area contributed by atoms with Gasteiger partial charge in [0.2, 0.25) is 0 Å². The lowest BCUT2D eigenvalue weighted by Crippen LogP contribution is -2.14. The fraction of sp³-hybridized carbons (Fsp3) is 0.125. The van der Waals surface area contributed by atoms with E-state index < -0.39 is 0 Å². The fourth-order valence-electron chi connectivity index (χ4n) is 2.77. The maximum absolute atomic E-state index is 12.8. The normalized spacial score (nSPS) is 11.7. The number of fused-ring (bicyclic) bond motifs is 4. The fourth-order valence-corrected chi connectivity index (χ4v) is 4.36. The van der Waals surface area contributed by atoms with E-state index in [0.717, 1.165) is 32.2 Å². The molecule has 0 saturated heterocycles. The Kier molecular flexibility index (Phi) is 2.58. The molecule has 0 fully saturated rings. The lowest BCUT2D eigenvalue weighted by molar-refractivity contribution is 1.13. The Hall–Kier alpha value is -1.98. The molecule has 4 rings (SSSR count). The number of aryl methyl sites for hydroxylation is 2. The molecule has 104 valence electrons. The van der Waals surface area contributed by atoms with Gasteiger partial charge in [0.05, 0.1) is 0 Å². The average Bonchev–Trinajstić information content (AvgIpc) is 2.75. The summed E-state index contributed by atoms with van der Waals surface area (Å²) in [5, 5.41) is 2.64. The van der Waals surface area contributed by atoms with E-state index in [4.69, 9.17) is 12.2 Å². The molecule has 0 bridgehead atoms. The Morgan fingerprint density at radius 1 is 1.24 bits per heavy atom. The molecule has 0 spiro atoms. The molecule has 21 heavy (non-hydrogen) atoms. The van der Waals surface area contributed by atoms with E-state index in [0.29, 0.717) is 4.64 Å². The van der Waals surface area contributed by atoms with Gasteiger partial charge in [-0.3, -0.25) is 9.20 Å². The van der Waals surface area contributed by atoms with Crippen LogP contribution in [0, 0.1) is 18.5 Å². The molecule has 0 saturated carbocycles. The van der Waals surface area contributed by atoms with Gasteiger partial charge >= 0.3 is 0 Å². The van der Waals surface area contributed by atoms with Crippen molar-refractivity contribution in [3.05, 3.63) is 55.8 Å². The number of aromatic amines is 1. The lowest BCUT2D eigenvalue weighted by Gasteiger charge is -2.06. The highest BCUT2D eigenvalue weighted by Crippen LogP contribution is 2.30. The molecule has 0 atom stereocenters. The van der Waals surface area contributed by atoms with E-state index in [9.17, 15) is 4.79 Å². The van der Waals surface area contributed by atoms with Gasteiger partial charge in [0, 0.05) is 15.6 Å². The second-order valence-corrected chi connectivity index (χ2v) is 6.79. The van der Waals surface area contributed by atoms with Crippen LogP contribution in [0.2, 0.25) is 0 Å². The molecule has 0 aliphatic rings. The Labute approximate surface area is 129 Å². The topological polar surface area (TPSA) is 37.3 Å². The van der Waals surface area contributed by atoms with Crippen molar-refractivity contribution in [2.45, 2.75) is 13.8 Å². The molecule has 0 radical (unpaired) electrons. The summed E-state index contributed by atoms with van der Waals surface area (Å²) in [5.74, 6) is 0. The third-order valence-corrected chi connectivity index (χ3v) is 5.46. The number of benzene rings is 1. The third-order valence-electron chi connectivity index (χ3n) is 3.97. The number of thiophene rings is 1. The van der Waals surface area contributed by atoms with Crippen molar-refractivity contribution in [2.24, 2.45) is 0 Å². The summed E-state index contributed by atoms with van der Waals surface area (Å²) >= 11 is 7.11. The minimum absolute atomic E-state index is 0.000556. The molecule has 1 N–H and O–H groups in total. The molecule has 3 nitrogen and oxygen atoms in total. The highest BCUT2D eigenvalue weighted by atomic mass is 32.1. The molecule has 5 heteroatoms. The molecule has 0 aliphatic heterocycles. The van der Waals surface area contributed by atoms with Gasteiger partial charge in [-0.05, 0) is 36.9 Å². The van der Waals surface area contributed by atoms with Gasteiger partial charge in [-0.15, -0.1) is 11.3 Å². The van der Waals surface area contributed by atoms with Crippen molar-refractivity contribution in [3.63, 3.8) is 0 Å². The summed E-state index contributed by atoms with van der Waals surface area (Å²) < 4.78 is 2.44. The first-order valence-corrected chi connectivity index (χ1v) is 7.87. The predicted octanol–water partition coefficient (Wildman–Crippen LogP) is 4.34. The number of nitrogens with one attached hydrogen (secondary N) is 1. The van der Waals surface area contributed by atoms with Gasteiger partial charge in [0.15, 0.2) is 0 Å². The Balaban J connectivity index is 2.42. The second-order valence-electron chi connectivity index (χ2n) is 5.17. The van der Waals surface area contributed by atoms with Crippen molar-refractivity contribution < 1.29 is 0 Å². The molecule has 3 heterocycles. The minimum Gasteiger partial charge on any atom is -0.332 e. The quantitative estimate of drug-likeness (QED) is 0.387. The van der Waals surface area contributed by atoms with Crippen LogP contribution >= 0.6 is 23.6 Å². The molecule has 1 aromatic carbocycles. The maximum Gasteiger partial charge on any atom is 0.265 e. The monoisotopic (exact) mass is 312 g/mol. The number of nitrogens with zero attached hydrogens (tertiary/aromatic N) is 1. The van der Waals surface area contributed by atoms with Gasteiger partial charge < -0.3 is 4.98 Å². The van der Waals surface area contributed by atoms with Crippen LogP contribution in [0.3, 0.4) is 0 Å². The van der Waals surface area contributed by atoms with Crippen LogP contribution in [0.25, 0.3) is 26.6 Å². The van der Waals surface area contributed by atoms with Crippen LogP contribution in [0.15, 0.2) is 35.1 Å². The molecule has 0 unspecified atom stereocenters. The van der Waals surface area contributed by atoms with Crippen LogP contribution in [0.4, 0.5) is 0 Å². The summed E-state index contributed by atoms with van der Waals surface area (Å²) in [6, 6.07) is 9.62. The van der Waals surface area contributed by atoms with Crippen LogP contribution in [0.1, 0.15) is 10.4 Å². The van der Waals surface area contributed by atoms with Gasteiger partial charge in [0.1, 0.15) is 15.1 Å². The second kappa shape index (κ2) is 4.26. The molecular weight excluding hydrogens is 300 g/mol. The molecule has 0 amide bonds. The van der Waals surface area contributed by atoms with E-state index >= 15 is 0 Å². The summed E-state index contributed by atoms with van der Waals surface area (Å²) in [6.45, 7) is 4.11. The van der Waals surface area contributed by atoms with Crippen molar-refractivity contribution in [3.8, 4) is 0 Å². The Morgan fingerprint density at radius 3 is 2.81 bits per heavy atom. The first-order chi connectivity index (χ1) is 10.1. The number of H-pyrrole nitrogens is 1. The zero-order valence-corrected chi connectivity index (χ0v) is 13.2. The number of hydrogen-bond acceptors (Lipinski definition) is 3. The summed E-state index contributed by atoms with van der Waals surface area (Å²) in [6.07, 6.45) is 0. The maximum atomic E-state index is 12.8. The van der Waals surface area contributed by atoms with Gasteiger partial charge in [0.25, 0.3) is 5.56 Å². The number of aromatic nitrogens is 2. The van der Waals surface area contributed by atoms with Crippen LogP contribution in [-0.4, -0.2) is 9.38 Å². The number of rotatable bonds is 0. The van der Waals surface area contributed by atoms with Gasteiger partial charge in [-0.1, -0.05) is 30.4 Å². The first kappa shape index (κ1) is 12.7. The minimum atomic E-state index is 0.000556. The van der Waals surface area contributed by atoms with Crippen molar-refractivity contribution in [1.82, 2.24) is 9.38 Å². The average molecular weight is 312 g/mol. The molecule has 3 aromatic heterocycles. The number of hydrogen-bond donors (Lipinski definition) is 1. The van der Waals surface area contributed by atoms with Crippen LogP contribution in [0.5, 0.6) is 0 Å². The van der Waals surface area contributed by atoms with Gasteiger partial charge in [-0.2, -0.15) is 0 Å². The van der Waals surface area contributed by atoms with Gasteiger partial charge in [-0.25, -0.2) is 0 Å². The molecular formula is C16H12N2OS2. The largest absolute Gasteiger partial charge is 0.332 e. The lowest BCUT2D eigenvalue weighted by atomic mass is 10.1. The van der Waals surface area contributed by atoms with E-state index in [-0.39, 0.29) is 5.56 Å². The Morgan fingerprint density at radius 2 is 2.00 bits per heavy atom. The summed E-state index contributed by atoms with van der Waals surface area (Å²) in [4.78, 5) is 18.2. The first-order valence-electron chi connectivity index (χ1n) is 6.64. The summed E-state index contributed by atoms with van der Waals surface area (Å²) in [5.41, 5.74) is 1.90. The van der Waals surface area contributed by atoms with E-state index in [1.807, 2.05) is 30.3 Å². The zero-order chi connectivity index (χ0) is 14.7. The van der Waals surface area contributed by atoms with E-state index in [2.05, 4.69) is 18.8 Å². The third kappa shape index (κ3) is 1.65. The molecule has 4 aromatic rings. The standard InChI is InChI=1S/C16H12N2OS2/c1-8-9(2)21-16-13(8)14(20)17-12-7-10-5-3-4-6-11(10)15(19)18(12)16/h3-7H,1-2H3,(H,17,20). The predicted molar refractivity (Wildman–Crippen MR) is 91.2 cm³/mol.